The maximum Gasteiger partial charge on any atom is 0.251 e. The first-order valence-electron chi connectivity index (χ1n) is 6.53. The van der Waals surface area contributed by atoms with Crippen LogP contribution >= 0.6 is 15.9 Å². The molecule has 20 heavy (non-hydrogen) atoms. The molecule has 0 spiro atoms. The molecule has 2 heterocycles. The molecule has 0 radical (unpaired) electrons. The van der Waals surface area contributed by atoms with Gasteiger partial charge in [-0.2, -0.15) is 0 Å². The van der Waals surface area contributed by atoms with Crippen LogP contribution in [-0.2, 0) is 0 Å². The van der Waals surface area contributed by atoms with Gasteiger partial charge in [-0.1, -0.05) is 13.3 Å². The van der Waals surface area contributed by atoms with E-state index in [-0.39, 0.29) is 11.9 Å². The van der Waals surface area contributed by atoms with E-state index in [0.29, 0.717) is 5.56 Å². The van der Waals surface area contributed by atoms with Gasteiger partial charge in [-0.15, -0.1) is 0 Å². The summed E-state index contributed by atoms with van der Waals surface area (Å²) in [6.07, 6.45) is 6.84. The first kappa shape index (κ1) is 14.7. The second kappa shape index (κ2) is 7.14. The van der Waals surface area contributed by atoms with Gasteiger partial charge in [0.15, 0.2) is 0 Å². The van der Waals surface area contributed by atoms with Crippen LogP contribution < -0.4 is 5.32 Å². The number of carbonyl (C=O) groups excluding carboxylic acids is 1. The molecule has 0 aliphatic rings. The number of rotatable bonds is 5. The molecule has 0 bridgehead atoms. The zero-order chi connectivity index (χ0) is 14.4. The summed E-state index contributed by atoms with van der Waals surface area (Å²) in [6.45, 7) is 2.10. The standard InChI is InChI=1S/C15H16BrN3O/c1-2-3-13(12-6-9-18-14(16)10-12)19-15(20)11-4-7-17-8-5-11/h4-10,13H,2-3H2,1H3,(H,19,20). The van der Waals surface area contributed by atoms with Crippen LogP contribution in [0.5, 0.6) is 0 Å². The Hall–Kier alpha value is -1.75. The molecule has 1 unspecified atom stereocenters. The molecule has 2 rings (SSSR count). The number of aromatic nitrogens is 2. The lowest BCUT2D eigenvalue weighted by Crippen LogP contribution is -2.28. The smallest absolute Gasteiger partial charge is 0.251 e. The van der Waals surface area contributed by atoms with Crippen molar-refractivity contribution in [3.8, 4) is 0 Å². The highest BCUT2D eigenvalue weighted by atomic mass is 79.9. The second-order valence-electron chi connectivity index (χ2n) is 4.46. The molecule has 2 aromatic rings. The molecule has 0 fully saturated rings. The Balaban J connectivity index is 2.16. The number of hydrogen-bond acceptors (Lipinski definition) is 3. The van der Waals surface area contributed by atoms with E-state index in [1.54, 1.807) is 30.7 Å². The van der Waals surface area contributed by atoms with E-state index in [9.17, 15) is 4.79 Å². The van der Waals surface area contributed by atoms with Gasteiger partial charge in [-0.25, -0.2) is 4.98 Å². The Labute approximate surface area is 126 Å². The fourth-order valence-electron chi connectivity index (χ4n) is 1.99. The predicted molar refractivity (Wildman–Crippen MR) is 81.3 cm³/mol. The summed E-state index contributed by atoms with van der Waals surface area (Å²) >= 11 is 3.36. The molecule has 0 saturated carbocycles. The minimum Gasteiger partial charge on any atom is -0.345 e. The molecule has 4 nitrogen and oxygen atoms in total. The fourth-order valence-corrected chi connectivity index (χ4v) is 2.37. The average Bonchev–Trinajstić information content (AvgIpc) is 2.47. The van der Waals surface area contributed by atoms with Crippen LogP contribution in [0, 0.1) is 0 Å². The summed E-state index contributed by atoms with van der Waals surface area (Å²) in [5.74, 6) is -0.0845. The maximum absolute atomic E-state index is 12.2. The molecule has 1 N–H and O–H groups in total. The minimum absolute atomic E-state index is 0.0139. The van der Waals surface area contributed by atoms with Crippen molar-refractivity contribution in [1.82, 2.24) is 15.3 Å². The van der Waals surface area contributed by atoms with Crippen LogP contribution in [0.3, 0.4) is 0 Å². The first-order chi connectivity index (χ1) is 9.70. The molecule has 1 amide bonds. The lowest BCUT2D eigenvalue weighted by atomic mass is 10.0. The third kappa shape index (κ3) is 3.87. The molecular weight excluding hydrogens is 318 g/mol. The molecular formula is C15H16BrN3O. The largest absolute Gasteiger partial charge is 0.345 e. The van der Waals surface area contributed by atoms with Crippen molar-refractivity contribution in [2.24, 2.45) is 0 Å². The molecule has 1 atom stereocenters. The van der Waals surface area contributed by atoms with Crippen molar-refractivity contribution in [1.29, 1.82) is 0 Å². The highest BCUT2D eigenvalue weighted by molar-refractivity contribution is 9.10. The van der Waals surface area contributed by atoms with Crippen LogP contribution in [-0.4, -0.2) is 15.9 Å². The van der Waals surface area contributed by atoms with Gasteiger partial charge in [-0.05, 0) is 52.2 Å². The monoisotopic (exact) mass is 333 g/mol. The lowest BCUT2D eigenvalue weighted by molar-refractivity contribution is 0.0934. The highest BCUT2D eigenvalue weighted by Gasteiger charge is 2.15. The van der Waals surface area contributed by atoms with E-state index in [4.69, 9.17) is 0 Å². The number of pyridine rings is 2. The zero-order valence-corrected chi connectivity index (χ0v) is 12.8. The van der Waals surface area contributed by atoms with Crippen LogP contribution in [0.25, 0.3) is 0 Å². The van der Waals surface area contributed by atoms with Gasteiger partial charge >= 0.3 is 0 Å². The normalized spacial score (nSPS) is 11.9. The van der Waals surface area contributed by atoms with Gasteiger partial charge in [0.2, 0.25) is 0 Å². The van der Waals surface area contributed by atoms with Crippen molar-refractivity contribution in [2.75, 3.05) is 0 Å². The Morgan fingerprint density at radius 1 is 1.30 bits per heavy atom. The fraction of sp³-hybridized carbons (Fsp3) is 0.267. The van der Waals surface area contributed by atoms with Gasteiger partial charge < -0.3 is 5.32 Å². The van der Waals surface area contributed by atoms with Crippen LogP contribution in [0.1, 0.15) is 41.7 Å². The maximum atomic E-state index is 12.2. The SMILES string of the molecule is CCCC(NC(=O)c1ccncc1)c1ccnc(Br)c1. The quantitative estimate of drug-likeness (QED) is 0.852. The Bertz CT molecular complexity index is 574. The van der Waals surface area contributed by atoms with Gasteiger partial charge in [0.1, 0.15) is 4.60 Å². The van der Waals surface area contributed by atoms with Gasteiger partial charge in [-0.3, -0.25) is 9.78 Å². The lowest BCUT2D eigenvalue weighted by Gasteiger charge is -2.18. The molecule has 0 aliphatic carbocycles. The Morgan fingerprint density at radius 3 is 2.70 bits per heavy atom. The number of carbonyl (C=O) groups is 1. The van der Waals surface area contributed by atoms with E-state index >= 15 is 0 Å². The van der Waals surface area contributed by atoms with Crippen molar-refractivity contribution in [2.45, 2.75) is 25.8 Å². The molecule has 2 aromatic heterocycles. The van der Waals surface area contributed by atoms with E-state index in [1.807, 2.05) is 12.1 Å². The third-order valence-electron chi connectivity index (χ3n) is 2.98. The average molecular weight is 334 g/mol. The molecule has 104 valence electrons. The zero-order valence-electron chi connectivity index (χ0n) is 11.2. The highest BCUT2D eigenvalue weighted by Crippen LogP contribution is 2.21. The van der Waals surface area contributed by atoms with E-state index in [2.05, 4.69) is 38.1 Å². The first-order valence-corrected chi connectivity index (χ1v) is 7.32. The number of nitrogens with zero attached hydrogens (tertiary/aromatic N) is 2. The van der Waals surface area contributed by atoms with Crippen molar-refractivity contribution in [3.05, 3.63) is 58.6 Å². The van der Waals surface area contributed by atoms with Gasteiger partial charge in [0.25, 0.3) is 5.91 Å². The topological polar surface area (TPSA) is 54.9 Å². The van der Waals surface area contributed by atoms with Crippen molar-refractivity contribution in [3.63, 3.8) is 0 Å². The van der Waals surface area contributed by atoms with Gasteiger partial charge in [0.05, 0.1) is 6.04 Å². The summed E-state index contributed by atoms with van der Waals surface area (Å²) < 4.78 is 0.772. The third-order valence-corrected chi connectivity index (χ3v) is 3.41. The molecule has 0 saturated heterocycles. The molecule has 0 aliphatic heterocycles. The van der Waals surface area contributed by atoms with E-state index in [0.717, 1.165) is 23.0 Å². The summed E-state index contributed by atoms with van der Waals surface area (Å²) in [7, 11) is 0. The van der Waals surface area contributed by atoms with E-state index in [1.165, 1.54) is 0 Å². The van der Waals surface area contributed by atoms with Gasteiger partial charge in [0, 0.05) is 24.2 Å². The minimum atomic E-state index is -0.0845. The number of hydrogen-bond donors (Lipinski definition) is 1. The number of nitrogens with one attached hydrogen (secondary N) is 1. The molecule has 5 heteroatoms. The van der Waals surface area contributed by atoms with Crippen LogP contribution in [0.2, 0.25) is 0 Å². The molecule has 0 aromatic carbocycles. The predicted octanol–water partition coefficient (Wildman–Crippen LogP) is 3.51. The summed E-state index contributed by atoms with van der Waals surface area (Å²) in [5.41, 5.74) is 1.67. The van der Waals surface area contributed by atoms with Crippen LogP contribution in [0.4, 0.5) is 0 Å². The van der Waals surface area contributed by atoms with Crippen LogP contribution in [0.15, 0.2) is 47.5 Å². The summed E-state index contributed by atoms with van der Waals surface area (Å²) in [5, 5.41) is 3.06. The Morgan fingerprint density at radius 2 is 2.05 bits per heavy atom. The van der Waals surface area contributed by atoms with E-state index < -0.39 is 0 Å². The number of halogens is 1. The Kier molecular flexibility index (Phi) is 5.24. The summed E-state index contributed by atoms with van der Waals surface area (Å²) in [4.78, 5) is 20.3. The second-order valence-corrected chi connectivity index (χ2v) is 5.27. The number of amides is 1. The summed E-state index contributed by atoms with van der Waals surface area (Å²) in [6, 6.07) is 7.27. The van der Waals surface area contributed by atoms with Crippen molar-refractivity contribution < 1.29 is 4.79 Å². The van der Waals surface area contributed by atoms with Crippen molar-refractivity contribution >= 4 is 21.8 Å².